The molecule has 26 heavy (non-hydrogen) atoms. The molecule has 0 saturated carbocycles. The Kier molecular flexibility index (Phi) is 6.04. The Bertz CT molecular complexity index is 816. The Morgan fingerprint density at radius 3 is 2.88 bits per heavy atom. The minimum Gasteiger partial charge on any atom is -0.332 e. The SMILES string of the molecule is CSc1ccccc1NC(=O)CN(C)C(=O)c1cc2c(s1)CCC(C)C2. The molecule has 1 aliphatic carbocycles. The maximum atomic E-state index is 12.7. The highest BCUT2D eigenvalue weighted by Gasteiger charge is 2.23. The van der Waals surface area contributed by atoms with Crippen molar-refractivity contribution < 1.29 is 9.59 Å². The number of rotatable bonds is 5. The maximum Gasteiger partial charge on any atom is 0.264 e. The van der Waals surface area contributed by atoms with Gasteiger partial charge < -0.3 is 10.2 Å². The summed E-state index contributed by atoms with van der Waals surface area (Å²) >= 11 is 3.17. The number of para-hydroxylation sites is 1. The molecule has 2 amide bonds. The van der Waals surface area contributed by atoms with Crippen LogP contribution in [0.3, 0.4) is 0 Å². The first-order valence-electron chi connectivity index (χ1n) is 8.78. The van der Waals surface area contributed by atoms with Gasteiger partial charge in [0.15, 0.2) is 0 Å². The molecule has 138 valence electrons. The predicted molar refractivity (Wildman–Crippen MR) is 109 cm³/mol. The van der Waals surface area contributed by atoms with Crippen LogP contribution < -0.4 is 5.32 Å². The fourth-order valence-electron chi connectivity index (χ4n) is 3.22. The van der Waals surface area contributed by atoms with Gasteiger partial charge in [-0.1, -0.05) is 19.1 Å². The minimum absolute atomic E-state index is 0.0422. The molecular formula is C20H24N2O2S2. The van der Waals surface area contributed by atoms with Gasteiger partial charge in [-0.25, -0.2) is 0 Å². The van der Waals surface area contributed by atoms with E-state index in [1.54, 1.807) is 30.1 Å². The van der Waals surface area contributed by atoms with Crippen LogP contribution in [0.25, 0.3) is 0 Å². The van der Waals surface area contributed by atoms with Gasteiger partial charge in [-0.05, 0) is 55.2 Å². The molecule has 0 spiro atoms. The number of benzene rings is 1. The number of aryl methyl sites for hydroxylation is 1. The minimum atomic E-state index is -0.183. The molecule has 1 heterocycles. The summed E-state index contributed by atoms with van der Waals surface area (Å²) in [5.41, 5.74) is 2.09. The van der Waals surface area contributed by atoms with Crippen molar-refractivity contribution in [1.29, 1.82) is 0 Å². The van der Waals surface area contributed by atoms with Crippen LogP contribution in [0.1, 0.15) is 33.5 Å². The standard InChI is InChI=1S/C20H24N2O2S2/c1-13-8-9-16-14(10-13)11-18(26-16)20(24)22(2)12-19(23)21-15-6-4-5-7-17(15)25-3/h4-7,11,13H,8-10,12H2,1-3H3,(H,21,23). The molecular weight excluding hydrogens is 364 g/mol. The molecule has 1 aromatic heterocycles. The molecule has 1 atom stereocenters. The summed E-state index contributed by atoms with van der Waals surface area (Å²) in [6.45, 7) is 2.30. The fraction of sp³-hybridized carbons (Fsp3) is 0.400. The van der Waals surface area contributed by atoms with Gasteiger partial charge in [0.1, 0.15) is 0 Å². The number of thiophene rings is 1. The molecule has 6 heteroatoms. The Morgan fingerprint density at radius 1 is 1.35 bits per heavy atom. The summed E-state index contributed by atoms with van der Waals surface area (Å²) in [4.78, 5) is 29.6. The van der Waals surface area contributed by atoms with Crippen molar-refractivity contribution in [3.8, 4) is 0 Å². The van der Waals surface area contributed by atoms with Crippen molar-refractivity contribution in [3.05, 3.63) is 45.6 Å². The maximum absolute atomic E-state index is 12.7. The van der Waals surface area contributed by atoms with E-state index in [1.807, 2.05) is 36.6 Å². The number of carbonyl (C=O) groups excluding carboxylic acids is 2. The number of hydrogen-bond acceptors (Lipinski definition) is 4. The molecule has 2 aromatic rings. The van der Waals surface area contributed by atoms with Gasteiger partial charge in [-0.15, -0.1) is 23.1 Å². The van der Waals surface area contributed by atoms with Crippen LogP contribution in [0.5, 0.6) is 0 Å². The first-order valence-corrected chi connectivity index (χ1v) is 10.8. The van der Waals surface area contributed by atoms with E-state index in [1.165, 1.54) is 21.8 Å². The van der Waals surface area contributed by atoms with Crippen molar-refractivity contribution in [3.63, 3.8) is 0 Å². The second-order valence-corrected chi connectivity index (χ2v) is 8.80. The van der Waals surface area contributed by atoms with Crippen molar-refractivity contribution in [2.24, 2.45) is 5.92 Å². The third-order valence-corrected chi connectivity index (χ3v) is 6.67. The number of anilines is 1. The van der Waals surface area contributed by atoms with E-state index < -0.39 is 0 Å². The number of amides is 2. The molecule has 0 radical (unpaired) electrons. The lowest BCUT2D eigenvalue weighted by molar-refractivity contribution is -0.116. The molecule has 4 nitrogen and oxygen atoms in total. The third-order valence-electron chi connectivity index (χ3n) is 4.65. The van der Waals surface area contributed by atoms with Crippen molar-refractivity contribution >= 4 is 40.6 Å². The lowest BCUT2D eigenvalue weighted by atomic mass is 9.90. The van der Waals surface area contributed by atoms with Gasteiger partial charge in [-0.2, -0.15) is 0 Å². The van der Waals surface area contributed by atoms with Gasteiger partial charge in [0, 0.05) is 16.8 Å². The molecule has 1 aliphatic rings. The van der Waals surface area contributed by atoms with Gasteiger partial charge in [0.25, 0.3) is 5.91 Å². The highest BCUT2D eigenvalue weighted by Crippen LogP contribution is 2.32. The van der Waals surface area contributed by atoms with Crippen LogP contribution in [0.2, 0.25) is 0 Å². The number of carbonyl (C=O) groups is 2. The molecule has 1 N–H and O–H groups in total. The highest BCUT2D eigenvalue weighted by molar-refractivity contribution is 7.98. The van der Waals surface area contributed by atoms with E-state index in [0.29, 0.717) is 5.92 Å². The summed E-state index contributed by atoms with van der Waals surface area (Å²) in [6.07, 6.45) is 5.27. The Hall–Kier alpha value is -1.79. The predicted octanol–water partition coefficient (Wildman–Crippen LogP) is 4.31. The normalized spacial score (nSPS) is 16.0. The van der Waals surface area contributed by atoms with Crippen molar-refractivity contribution in [2.45, 2.75) is 31.1 Å². The number of nitrogens with one attached hydrogen (secondary N) is 1. The average Bonchev–Trinajstić information content (AvgIpc) is 3.04. The second kappa shape index (κ2) is 8.27. The summed E-state index contributed by atoms with van der Waals surface area (Å²) in [6, 6.07) is 9.69. The van der Waals surface area contributed by atoms with E-state index >= 15 is 0 Å². The lowest BCUT2D eigenvalue weighted by Crippen LogP contribution is -2.34. The number of thioether (sulfide) groups is 1. The quantitative estimate of drug-likeness (QED) is 0.777. The molecule has 0 fully saturated rings. The van der Waals surface area contributed by atoms with Crippen molar-refractivity contribution in [1.82, 2.24) is 4.90 Å². The first-order chi connectivity index (χ1) is 12.5. The second-order valence-electron chi connectivity index (χ2n) is 6.82. The Morgan fingerprint density at radius 2 is 2.12 bits per heavy atom. The van der Waals surface area contributed by atoms with Crippen LogP contribution in [-0.2, 0) is 17.6 Å². The monoisotopic (exact) mass is 388 g/mol. The third kappa shape index (κ3) is 4.30. The van der Waals surface area contributed by atoms with Crippen LogP contribution in [0.15, 0.2) is 35.2 Å². The summed E-state index contributed by atoms with van der Waals surface area (Å²) in [5, 5.41) is 2.90. The van der Waals surface area contributed by atoms with E-state index in [0.717, 1.165) is 28.3 Å². The molecule has 1 aromatic carbocycles. The molecule has 0 bridgehead atoms. The highest BCUT2D eigenvalue weighted by atomic mass is 32.2. The number of nitrogens with zero attached hydrogens (tertiary/aromatic N) is 1. The summed E-state index contributed by atoms with van der Waals surface area (Å²) in [7, 11) is 1.68. The zero-order chi connectivity index (χ0) is 18.7. The van der Waals surface area contributed by atoms with Crippen molar-refractivity contribution in [2.75, 3.05) is 25.2 Å². The zero-order valence-corrected chi connectivity index (χ0v) is 17.0. The average molecular weight is 389 g/mol. The van der Waals surface area contributed by atoms with Gasteiger partial charge in [-0.3, -0.25) is 9.59 Å². The lowest BCUT2D eigenvalue weighted by Gasteiger charge is -2.16. The van der Waals surface area contributed by atoms with E-state index in [-0.39, 0.29) is 18.4 Å². The van der Waals surface area contributed by atoms with Crippen LogP contribution in [0.4, 0.5) is 5.69 Å². The number of fused-ring (bicyclic) bond motifs is 1. The Balaban J connectivity index is 1.63. The van der Waals surface area contributed by atoms with E-state index in [9.17, 15) is 9.59 Å². The zero-order valence-electron chi connectivity index (χ0n) is 15.4. The molecule has 1 unspecified atom stereocenters. The first kappa shape index (κ1) is 19.0. The summed E-state index contributed by atoms with van der Waals surface area (Å²) < 4.78 is 0. The van der Waals surface area contributed by atoms with Crippen LogP contribution >= 0.6 is 23.1 Å². The molecule has 0 aliphatic heterocycles. The number of hydrogen-bond donors (Lipinski definition) is 1. The summed E-state index contributed by atoms with van der Waals surface area (Å²) in [5.74, 6) is 0.419. The van der Waals surface area contributed by atoms with Gasteiger partial charge in [0.05, 0.1) is 17.1 Å². The van der Waals surface area contributed by atoms with Gasteiger partial charge >= 0.3 is 0 Å². The van der Waals surface area contributed by atoms with Gasteiger partial charge in [0.2, 0.25) is 5.91 Å². The molecule has 0 saturated heterocycles. The van der Waals surface area contributed by atoms with Crippen LogP contribution in [0, 0.1) is 5.92 Å². The van der Waals surface area contributed by atoms with E-state index in [4.69, 9.17) is 0 Å². The number of likely N-dealkylation sites (N-methyl/N-ethyl adjacent to an activating group) is 1. The fourth-order valence-corrected chi connectivity index (χ4v) is 4.98. The van der Waals surface area contributed by atoms with E-state index in [2.05, 4.69) is 12.2 Å². The van der Waals surface area contributed by atoms with Crippen LogP contribution in [-0.4, -0.2) is 36.6 Å². The largest absolute Gasteiger partial charge is 0.332 e. The smallest absolute Gasteiger partial charge is 0.264 e. The molecule has 3 rings (SSSR count). The Labute approximate surface area is 163 Å². The topological polar surface area (TPSA) is 49.4 Å².